The summed E-state index contributed by atoms with van der Waals surface area (Å²) < 4.78 is 2.29. The molecule has 27 heavy (non-hydrogen) atoms. The zero-order valence-corrected chi connectivity index (χ0v) is 15.5. The molecule has 0 aromatic carbocycles. The van der Waals surface area contributed by atoms with E-state index in [0.717, 1.165) is 30.3 Å². The van der Waals surface area contributed by atoms with Crippen molar-refractivity contribution in [1.29, 1.82) is 0 Å². The smallest absolute Gasteiger partial charge is 0.332 e. The van der Waals surface area contributed by atoms with Gasteiger partial charge in [-0.05, 0) is 37.8 Å². The number of Topliss-reactive ketones (excluding diaryl/α,β-unsaturated/α-hetero) is 1. The number of aryl methyl sites for hydroxylation is 1. The van der Waals surface area contributed by atoms with E-state index in [2.05, 4.69) is 4.98 Å². The molecule has 3 heterocycles. The van der Waals surface area contributed by atoms with Crippen LogP contribution in [-0.4, -0.2) is 43.3 Å². The standard InChI is InChI=1S/C19H22N4O4/c1-21-16-12(17(25)22(2)19(21)27)8-9-13(20-16)18(26)23-10-4-6-14(23)11-5-3-7-15(11)24/h8-9,11,14H,3-7,10H2,1-2H3/t11-,14+/m0/s1. The molecule has 1 amide bonds. The highest BCUT2D eigenvalue weighted by atomic mass is 16.2. The zero-order chi connectivity index (χ0) is 19.3. The molecule has 2 atom stereocenters. The third-order valence-corrected chi connectivity index (χ3v) is 5.90. The van der Waals surface area contributed by atoms with Gasteiger partial charge in [0, 0.05) is 39.0 Å². The van der Waals surface area contributed by atoms with Crippen LogP contribution >= 0.6 is 0 Å². The highest BCUT2D eigenvalue weighted by Gasteiger charge is 2.40. The van der Waals surface area contributed by atoms with Crippen LogP contribution in [-0.2, 0) is 18.9 Å². The summed E-state index contributed by atoms with van der Waals surface area (Å²) in [5.74, 6) is -0.0714. The van der Waals surface area contributed by atoms with Crippen molar-refractivity contribution in [3.05, 3.63) is 38.7 Å². The Kier molecular flexibility index (Phi) is 4.20. The molecule has 8 nitrogen and oxygen atoms in total. The normalized spacial score (nSPS) is 22.7. The van der Waals surface area contributed by atoms with E-state index >= 15 is 0 Å². The molecule has 2 aliphatic rings. The Morgan fingerprint density at radius 3 is 2.56 bits per heavy atom. The molecule has 1 aliphatic carbocycles. The fourth-order valence-corrected chi connectivity index (χ4v) is 4.43. The van der Waals surface area contributed by atoms with Gasteiger partial charge in [-0.25, -0.2) is 9.78 Å². The first-order chi connectivity index (χ1) is 12.9. The lowest BCUT2D eigenvalue weighted by Crippen LogP contribution is -2.42. The van der Waals surface area contributed by atoms with Crippen LogP contribution in [0.3, 0.4) is 0 Å². The van der Waals surface area contributed by atoms with E-state index in [1.807, 2.05) is 0 Å². The molecule has 2 aromatic rings. The summed E-state index contributed by atoms with van der Waals surface area (Å²) in [5.41, 5.74) is -0.528. The number of carbonyl (C=O) groups excluding carboxylic acids is 2. The second-order valence-electron chi connectivity index (χ2n) is 7.45. The van der Waals surface area contributed by atoms with Crippen molar-refractivity contribution in [3.8, 4) is 0 Å². The molecule has 0 unspecified atom stereocenters. The Morgan fingerprint density at radius 2 is 1.85 bits per heavy atom. The average Bonchev–Trinajstić information content (AvgIpc) is 3.32. The predicted molar refractivity (Wildman–Crippen MR) is 98.6 cm³/mol. The first kappa shape index (κ1) is 17.6. The Hall–Kier alpha value is -2.77. The van der Waals surface area contributed by atoms with E-state index in [-0.39, 0.29) is 35.0 Å². The lowest BCUT2D eigenvalue weighted by molar-refractivity contribution is -0.121. The molecule has 1 saturated heterocycles. The van der Waals surface area contributed by atoms with Gasteiger partial charge in [-0.15, -0.1) is 0 Å². The molecule has 1 saturated carbocycles. The van der Waals surface area contributed by atoms with Crippen molar-refractivity contribution in [2.45, 2.75) is 38.1 Å². The van der Waals surface area contributed by atoms with Crippen LogP contribution in [0.25, 0.3) is 11.0 Å². The van der Waals surface area contributed by atoms with E-state index < -0.39 is 11.2 Å². The first-order valence-electron chi connectivity index (χ1n) is 9.30. The second kappa shape index (κ2) is 6.44. The molecule has 2 fully saturated rings. The molecule has 8 heteroatoms. The number of aromatic nitrogens is 3. The number of carbonyl (C=O) groups is 2. The van der Waals surface area contributed by atoms with Crippen LogP contribution in [0, 0.1) is 5.92 Å². The van der Waals surface area contributed by atoms with Crippen LogP contribution in [0.5, 0.6) is 0 Å². The van der Waals surface area contributed by atoms with Gasteiger partial charge in [0.15, 0.2) is 0 Å². The van der Waals surface area contributed by atoms with Crippen LogP contribution < -0.4 is 11.2 Å². The van der Waals surface area contributed by atoms with Gasteiger partial charge in [-0.2, -0.15) is 0 Å². The van der Waals surface area contributed by atoms with E-state index in [1.165, 1.54) is 24.7 Å². The third kappa shape index (κ3) is 2.70. The van der Waals surface area contributed by atoms with E-state index in [0.29, 0.717) is 18.4 Å². The molecule has 0 bridgehead atoms. The average molecular weight is 370 g/mol. The number of likely N-dealkylation sites (tertiary alicyclic amines) is 1. The highest BCUT2D eigenvalue weighted by Crippen LogP contribution is 2.34. The Labute approximate surface area is 155 Å². The van der Waals surface area contributed by atoms with Crippen molar-refractivity contribution in [2.24, 2.45) is 20.0 Å². The summed E-state index contributed by atoms with van der Waals surface area (Å²) in [6, 6.07) is 3.00. The number of nitrogens with zero attached hydrogens (tertiary/aromatic N) is 4. The minimum absolute atomic E-state index is 0.0718. The first-order valence-corrected chi connectivity index (χ1v) is 9.30. The third-order valence-electron chi connectivity index (χ3n) is 5.90. The van der Waals surface area contributed by atoms with Crippen molar-refractivity contribution in [2.75, 3.05) is 6.54 Å². The molecule has 142 valence electrons. The lowest BCUT2D eigenvalue weighted by Gasteiger charge is -2.28. The van der Waals surface area contributed by atoms with Crippen LogP contribution in [0.15, 0.2) is 21.7 Å². The Balaban J connectivity index is 1.73. The number of hydrogen-bond acceptors (Lipinski definition) is 5. The molecule has 4 rings (SSSR count). The lowest BCUT2D eigenvalue weighted by atomic mass is 9.95. The van der Waals surface area contributed by atoms with Gasteiger partial charge in [0.1, 0.15) is 17.1 Å². The van der Waals surface area contributed by atoms with Crippen molar-refractivity contribution < 1.29 is 9.59 Å². The molecular weight excluding hydrogens is 348 g/mol. The number of hydrogen-bond donors (Lipinski definition) is 0. The molecule has 0 N–H and O–H groups in total. The van der Waals surface area contributed by atoms with E-state index in [9.17, 15) is 19.2 Å². The molecular formula is C19H22N4O4. The van der Waals surface area contributed by atoms with Gasteiger partial charge >= 0.3 is 5.69 Å². The fourth-order valence-electron chi connectivity index (χ4n) is 4.43. The minimum Gasteiger partial charge on any atom is -0.334 e. The fraction of sp³-hybridized carbons (Fsp3) is 0.526. The van der Waals surface area contributed by atoms with Gasteiger partial charge in [0.05, 0.1) is 5.39 Å². The summed E-state index contributed by atoms with van der Waals surface area (Å²) in [5, 5.41) is 0.292. The molecule has 1 aliphatic heterocycles. The van der Waals surface area contributed by atoms with E-state index in [1.54, 1.807) is 11.0 Å². The van der Waals surface area contributed by atoms with Gasteiger partial charge in [-0.1, -0.05) is 0 Å². The Bertz CT molecular complexity index is 1070. The summed E-state index contributed by atoms with van der Waals surface area (Å²) in [6.45, 7) is 0.600. The summed E-state index contributed by atoms with van der Waals surface area (Å²) in [7, 11) is 2.94. The number of ketones is 1. The predicted octanol–water partition coefficient (Wildman–Crippen LogP) is 0.606. The number of fused-ring (bicyclic) bond motifs is 1. The summed E-state index contributed by atoms with van der Waals surface area (Å²) in [6.07, 6.45) is 4.02. The topological polar surface area (TPSA) is 94.3 Å². The van der Waals surface area contributed by atoms with Crippen molar-refractivity contribution in [3.63, 3.8) is 0 Å². The van der Waals surface area contributed by atoms with Crippen LogP contribution in [0.4, 0.5) is 0 Å². The van der Waals surface area contributed by atoms with Crippen molar-refractivity contribution in [1.82, 2.24) is 19.0 Å². The van der Waals surface area contributed by atoms with Gasteiger partial charge < -0.3 is 4.90 Å². The highest BCUT2D eigenvalue weighted by molar-refractivity contribution is 5.95. The number of pyridine rings is 1. The maximum atomic E-state index is 13.1. The number of amides is 1. The maximum absolute atomic E-state index is 13.1. The SMILES string of the molecule is Cn1c(=O)c2ccc(C(=O)N3CCC[C@@H]3[C@@H]3CCCC3=O)nc2n(C)c1=O. The number of rotatable bonds is 2. The minimum atomic E-state index is -0.486. The van der Waals surface area contributed by atoms with Gasteiger partial charge in [0.2, 0.25) is 0 Å². The quantitative estimate of drug-likeness (QED) is 0.772. The van der Waals surface area contributed by atoms with Crippen molar-refractivity contribution >= 4 is 22.7 Å². The van der Waals surface area contributed by atoms with E-state index in [4.69, 9.17) is 0 Å². The summed E-state index contributed by atoms with van der Waals surface area (Å²) >= 11 is 0. The Morgan fingerprint density at radius 1 is 1.07 bits per heavy atom. The molecule has 2 aromatic heterocycles. The van der Waals surface area contributed by atoms with Crippen LogP contribution in [0.2, 0.25) is 0 Å². The van der Waals surface area contributed by atoms with Gasteiger partial charge in [0.25, 0.3) is 11.5 Å². The summed E-state index contributed by atoms with van der Waals surface area (Å²) in [4.78, 5) is 55.8. The second-order valence-corrected chi connectivity index (χ2v) is 7.45. The monoisotopic (exact) mass is 370 g/mol. The largest absolute Gasteiger partial charge is 0.334 e. The maximum Gasteiger partial charge on any atom is 0.332 e. The molecule has 0 radical (unpaired) electrons. The zero-order valence-electron chi connectivity index (χ0n) is 15.5. The van der Waals surface area contributed by atoms with Crippen LogP contribution in [0.1, 0.15) is 42.6 Å². The van der Waals surface area contributed by atoms with Gasteiger partial charge in [-0.3, -0.25) is 23.5 Å². The molecule has 0 spiro atoms.